The van der Waals surface area contributed by atoms with E-state index in [1.165, 1.54) is 0 Å². The van der Waals surface area contributed by atoms with E-state index < -0.39 is 0 Å². The second-order valence-corrected chi connectivity index (χ2v) is 8.41. The van der Waals surface area contributed by atoms with Gasteiger partial charge in [-0.1, -0.05) is 54.6 Å². The van der Waals surface area contributed by atoms with Gasteiger partial charge in [0.15, 0.2) is 17.8 Å². The Morgan fingerprint density at radius 2 is 1.41 bits per heavy atom. The number of ketones is 2. The zero-order chi connectivity index (χ0) is 23.2. The van der Waals surface area contributed by atoms with Crippen molar-refractivity contribution in [3.8, 4) is 5.75 Å². The highest BCUT2D eigenvalue weighted by Crippen LogP contribution is 2.40. The van der Waals surface area contributed by atoms with Gasteiger partial charge < -0.3 is 4.74 Å². The lowest BCUT2D eigenvalue weighted by Crippen LogP contribution is -2.28. The van der Waals surface area contributed by atoms with Gasteiger partial charge in [-0.15, -0.1) is 0 Å². The summed E-state index contributed by atoms with van der Waals surface area (Å²) in [5.74, 6) is 0.697. The maximum atomic E-state index is 13.2. The zero-order valence-electron chi connectivity index (χ0n) is 18.5. The molecule has 6 rings (SSSR count). The standard InChI is InChI=1S/C30H20NO3/c1-31-18-19(16-20-8-2-6-12-26(20)31)14-15-21-17-25(22-9-5-7-13-27(22)34-21)28-29(32)23-10-3-4-11-24(23)30(28)33/h2-18H,1H3/q+1/b15-14+. The number of allylic oxidation sites excluding steroid dienone is 4. The summed E-state index contributed by atoms with van der Waals surface area (Å²) in [6.07, 6.45) is 7.69. The number of fused-ring (bicyclic) bond motifs is 3. The summed E-state index contributed by atoms with van der Waals surface area (Å²) in [6, 6.07) is 24.8. The Morgan fingerprint density at radius 3 is 2.18 bits per heavy atom. The molecular weight excluding hydrogens is 422 g/mol. The molecule has 0 saturated heterocycles. The van der Waals surface area contributed by atoms with Gasteiger partial charge in [-0.05, 0) is 36.4 Å². The van der Waals surface area contributed by atoms with Gasteiger partial charge in [-0.2, -0.15) is 0 Å². The van der Waals surface area contributed by atoms with Gasteiger partial charge in [0, 0.05) is 39.3 Å². The molecule has 0 bridgehead atoms. The minimum absolute atomic E-state index is 0.194. The molecule has 0 atom stereocenters. The quantitative estimate of drug-likeness (QED) is 0.234. The van der Waals surface area contributed by atoms with Gasteiger partial charge in [-0.25, -0.2) is 4.57 Å². The highest BCUT2D eigenvalue weighted by molar-refractivity contribution is 6.43. The first-order valence-electron chi connectivity index (χ1n) is 11.1. The van der Waals surface area contributed by atoms with Gasteiger partial charge in [0.05, 0.1) is 5.57 Å². The molecule has 3 aromatic carbocycles. The number of hydrogen-bond donors (Lipinski definition) is 0. The molecule has 0 saturated carbocycles. The topological polar surface area (TPSA) is 47.2 Å². The molecule has 1 aromatic heterocycles. The van der Waals surface area contributed by atoms with E-state index in [1.807, 2.05) is 55.6 Å². The predicted octanol–water partition coefficient (Wildman–Crippen LogP) is 5.49. The van der Waals surface area contributed by atoms with E-state index >= 15 is 0 Å². The molecule has 0 unspecified atom stereocenters. The predicted molar refractivity (Wildman–Crippen MR) is 131 cm³/mol. The second kappa shape index (κ2) is 7.78. The van der Waals surface area contributed by atoms with E-state index in [2.05, 4.69) is 29.0 Å². The minimum atomic E-state index is -0.242. The van der Waals surface area contributed by atoms with Crippen LogP contribution in [0.25, 0.3) is 22.6 Å². The molecule has 1 aliphatic carbocycles. The number of nitrogens with zero attached hydrogens (tertiary/aromatic N) is 1. The van der Waals surface area contributed by atoms with Gasteiger partial charge in [-0.3, -0.25) is 9.59 Å². The van der Waals surface area contributed by atoms with E-state index in [-0.39, 0.29) is 17.1 Å². The van der Waals surface area contributed by atoms with Gasteiger partial charge >= 0.3 is 0 Å². The molecular formula is C30H20NO3+. The molecule has 0 radical (unpaired) electrons. The molecule has 4 aromatic rings. The monoisotopic (exact) mass is 442 g/mol. The van der Waals surface area contributed by atoms with Crippen LogP contribution in [0.2, 0.25) is 0 Å². The highest BCUT2D eigenvalue weighted by Gasteiger charge is 2.36. The third kappa shape index (κ3) is 3.20. The summed E-state index contributed by atoms with van der Waals surface area (Å²) in [6.45, 7) is 0. The maximum absolute atomic E-state index is 13.2. The molecule has 0 fully saturated rings. The van der Waals surface area contributed by atoms with E-state index in [0.717, 1.165) is 22.0 Å². The van der Waals surface area contributed by atoms with Crippen LogP contribution >= 0.6 is 0 Å². The number of carbonyl (C=O) groups is 2. The number of hydrogen-bond acceptors (Lipinski definition) is 3. The van der Waals surface area contributed by atoms with Crippen molar-refractivity contribution in [3.05, 3.63) is 131 Å². The van der Waals surface area contributed by atoms with Crippen LogP contribution < -0.4 is 9.30 Å². The van der Waals surface area contributed by atoms with Crippen molar-refractivity contribution in [3.63, 3.8) is 0 Å². The fourth-order valence-corrected chi connectivity index (χ4v) is 4.65. The molecule has 0 N–H and O–H groups in total. The molecule has 4 heteroatoms. The van der Waals surface area contributed by atoms with Crippen LogP contribution in [0.15, 0.2) is 109 Å². The van der Waals surface area contributed by atoms with Crippen LogP contribution in [0.4, 0.5) is 0 Å². The average Bonchev–Trinajstić information content (AvgIpc) is 3.12. The Labute approximate surface area is 196 Å². The van der Waals surface area contributed by atoms with Crippen molar-refractivity contribution < 1.29 is 18.9 Å². The van der Waals surface area contributed by atoms with Crippen molar-refractivity contribution in [1.29, 1.82) is 0 Å². The number of ether oxygens (including phenoxy) is 1. The van der Waals surface area contributed by atoms with Gasteiger partial charge in [0.25, 0.3) is 0 Å². The highest BCUT2D eigenvalue weighted by atomic mass is 16.5. The van der Waals surface area contributed by atoms with Crippen LogP contribution in [0.3, 0.4) is 0 Å². The van der Waals surface area contributed by atoms with Crippen molar-refractivity contribution in [1.82, 2.24) is 0 Å². The summed E-state index contributed by atoms with van der Waals surface area (Å²) in [5.41, 5.74) is 4.59. The lowest BCUT2D eigenvalue weighted by atomic mass is 9.93. The van der Waals surface area contributed by atoms with E-state index in [4.69, 9.17) is 4.74 Å². The normalized spacial score (nSPS) is 14.9. The van der Waals surface area contributed by atoms with Crippen molar-refractivity contribution in [2.24, 2.45) is 7.05 Å². The Balaban J connectivity index is 1.46. The molecule has 162 valence electrons. The fraction of sp³-hybridized carbons (Fsp3) is 0.0333. The van der Waals surface area contributed by atoms with Crippen LogP contribution in [0.1, 0.15) is 31.8 Å². The van der Waals surface area contributed by atoms with Crippen molar-refractivity contribution in [2.75, 3.05) is 0 Å². The van der Waals surface area contributed by atoms with Crippen LogP contribution in [0, 0.1) is 0 Å². The number of para-hydroxylation sites is 2. The molecule has 34 heavy (non-hydrogen) atoms. The van der Waals surface area contributed by atoms with E-state index in [0.29, 0.717) is 28.2 Å². The van der Waals surface area contributed by atoms with Crippen LogP contribution in [0.5, 0.6) is 5.75 Å². The fourth-order valence-electron chi connectivity index (χ4n) is 4.65. The Hall–Kier alpha value is -4.57. The molecule has 2 aliphatic rings. The number of pyridine rings is 1. The Kier molecular flexibility index (Phi) is 4.59. The lowest BCUT2D eigenvalue weighted by Gasteiger charge is -2.19. The smallest absolute Gasteiger partial charge is 0.212 e. The SMILES string of the molecule is C[n+]1cc(/C=C/C2=CC(=C3C(=O)c4ccccc4C3=O)c3ccccc3O2)cc2ccccc21. The first-order valence-corrected chi connectivity index (χ1v) is 11.1. The zero-order valence-corrected chi connectivity index (χ0v) is 18.5. The largest absolute Gasteiger partial charge is 0.457 e. The van der Waals surface area contributed by atoms with Gasteiger partial charge in [0.1, 0.15) is 18.6 Å². The number of benzene rings is 3. The van der Waals surface area contributed by atoms with E-state index in [1.54, 1.807) is 30.3 Å². The third-order valence-corrected chi connectivity index (χ3v) is 6.25. The Bertz CT molecular complexity index is 1580. The molecule has 0 spiro atoms. The third-order valence-electron chi connectivity index (χ3n) is 6.25. The molecule has 0 amide bonds. The minimum Gasteiger partial charge on any atom is -0.457 e. The number of aryl methyl sites for hydroxylation is 1. The van der Waals surface area contributed by atoms with Crippen LogP contribution in [-0.4, -0.2) is 11.6 Å². The summed E-state index contributed by atoms with van der Waals surface area (Å²) in [7, 11) is 2.02. The van der Waals surface area contributed by atoms with Crippen LogP contribution in [-0.2, 0) is 7.05 Å². The number of rotatable bonds is 2. The summed E-state index contributed by atoms with van der Waals surface area (Å²) >= 11 is 0. The Morgan fingerprint density at radius 1 is 0.765 bits per heavy atom. The second-order valence-electron chi connectivity index (χ2n) is 8.41. The number of aromatic nitrogens is 1. The molecule has 2 heterocycles. The first kappa shape index (κ1) is 20.1. The summed E-state index contributed by atoms with van der Waals surface area (Å²) in [4.78, 5) is 26.4. The average molecular weight is 442 g/mol. The summed E-state index contributed by atoms with van der Waals surface area (Å²) in [5, 5.41) is 1.14. The molecule has 1 aliphatic heterocycles. The summed E-state index contributed by atoms with van der Waals surface area (Å²) < 4.78 is 8.20. The number of Topliss-reactive ketones (excluding diaryl/α,β-unsaturated/α-hetero) is 2. The first-order chi connectivity index (χ1) is 16.6. The van der Waals surface area contributed by atoms with Crippen molar-refractivity contribution >= 4 is 34.1 Å². The maximum Gasteiger partial charge on any atom is 0.212 e. The van der Waals surface area contributed by atoms with E-state index in [9.17, 15) is 9.59 Å². The lowest BCUT2D eigenvalue weighted by molar-refractivity contribution is -0.645. The molecule has 4 nitrogen and oxygen atoms in total. The van der Waals surface area contributed by atoms with Crippen molar-refractivity contribution in [2.45, 2.75) is 0 Å². The number of carbonyl (C=O) groups excluding carboxylic acids is 2. The van der Waals surface area contributed by atoms with Gasteiger partial charge in [0.2, 0.25) is 5.52 Å².